The van der Waals surface area contributed by atoms with Crippen LogP contribution in [0, 0.1) is 19.8 Å². The van der Waals surface area contributed by atoms with Crippen LogP contribution < -0.4 is 4.74 Å². The Hall–Kier alpha value is -2.24. The second kappa shape index (κ2) is 9.30. The number of hydrogen-bond donors (Lipinski definition) is 0. The third-order valence-electron chi connectivity index (χ3n) is 4.76. The number of likely N-dealkylation sites (N-methyl/N-ethyl adjacent to an activating group) is 1. The van der Waals surface area contributed by atoms with E-state index in [1.165, 1.54) is 0 Å². The summed E-state index contributed by atoms with van der Waals surface area (Å²) in [5.41, 5.74) is 1.83. The molecule has 2 rings (SSSR count). The molecule has 0 unspecified atom stereocenters. The second-order valence-electron chi connectivity index (χ2n) is 8.67. The summed E-state index contributed by atoms with van der Waals surface area (Å²) in [5, 5.41) is 0. The number of piperidine rings is 1. The number of nitrogens with zero attached hydrogens (tertiary/aromatic N) is 2. The largest absolute Gasteiger partial charge is 0.492 e. The van der Waals surface area contributed by atoms with Gasteiger partial charge in [0.2, 0.25) is 5.91 Å². The lowest BCUT2D eigenvalue weighted by Crippen LogP contribution is -2.45. The molecule has 0 saturated carbocycles. The number of carbonyl (C=O) groups excluding carboxylic acids is 2. The number of aryl methyl sites for hydroxylation is 2. The van der Waals surface area contributed by atoms with Crippen molar-refractivity contribution in [1.29, 1.82) is 0 Å². The average Bonchev–Trinajstić information content (AvgIpc) is 2.59. The fourth-order valence-corrected chi connectivity index (χ4v) is 3.37. The van der Waals surface area contributed by atoms with Gasteiger partial charge in [0.05, 0.1) is 6.54 Å². The Balaban J connectivity index is 1.75. The van der Waals surface area contributed by atoms with Crippen molar-refractivity contribution in [3.8, 4) is 5.75 Å². The Morgan fingerprint density at radius 3 is 2.21 bits per heavy atom. The molecule has 0 aliphatic carbocycles. The maximum atomic E-state index is 12.7. The van der Waals surface area contributed by atoms with Gasteiger partial charge in [-0.2, -0.15) is 0 Å². The monoisotopic (exact) mass is 390 g/mol. The van der Waals surface area contributed by atoms with Gasteiger partial charge in [-0.25, -0.2) is 4.79 Å². The van der Waals surface area contributed by atoms with Gasteiger partial charge in [-0.3, -0.25) is 4.79 Å². The minimum Gasteiger partial charge on any atom is -0.492 e. The zero-order valence-electron chi connectivity index (χ0n) is 18.1. The Morgan fingerprint density at radius 2 is 1.68 bits per heavy atom. The van der Waals surface area contributed by atoms with Gasteiger partial charge in [-0.15, -0.1) is 0 Å². The van der Waals surface area contributed by atoms with Crippen LogP contribution in [0.15, 0.2) is 18.2 Å². The highest BCUT2D eigenvalue weighted by Crippen LogP contribution is 2.21. The maximum Gasteiger partial charge on any atom is 0.410 e. The lowest BCUT2D eigenvalue weighted by molar-refractivity contribution is -0.136. The van der Waals surface area contributed by atoms with Crippen LogP contribution in [0.5, 0.6) is 5.75 Å². The van der Waals surface area contributed by atoms with E-state index in [1.54, 1.807) is 9.80 Å². The van der Waals surface area contributed by atoms with E-state index in [0.717, 1.165) is 16.9 Å². The van der Waals surface area contributed by atoms with Crippen LogP contribution in [0.2, 0.25) is 0 Å². The first-order valence-corrected chi connectivity index (χ1v) is 9.99. The molecule has 0 spiro atoms. The normalized spacial score (nSPS) is 15.3. The summed E-state index contributed by atoms with van der Waals surface area (Å²) in [6, 6.07) is 6.11. The van der Waals surface area contributed by atoms with E-state index >= 15 is 0 Å². The lowest BCUT2D eigenvalue weighted by Gasteiger charge is -2.34. The van der Waals surface area contributed by atoms with Crippen LogP contribution in [0.3, 0.4) is 0 Å². The smallest absolute Gasteiger partial charge is 0.410 e. The number of benzene rings is 1. The first-order valence-electron chi connectivity index (χ1n) is 9.99. The predicted octanol–water partition coefficient (Wildman–Crippen LogP) is 3.79. The van der Waals surface area contributed by atoms with Gasteiger partial charge in [0, 0.05) is 26.1 Å². The summed E-state index contributed by atoms with van der Waals surface area (Å²) < 4.78 is 11.2. The average molecular weight is 391 g/mol. The molecule has 2 amide bonds. The molecule has 6 nitrogen and oxygen atoms in total. The standard InChI is InChI=1S/C22H34N2O4/c1-16-13-17(2)15-19(14-16)27-12-11-23(6)20(25)18-7-9-24(10-8-18)21(26)28-22(3,4)5/h13-15,18H,7-12H2,1-6H3. The highest BCUT2D eigenvalue weighted by atomic mass is 16.6. The van der Waals surface area contributed by atoms with Crippen molar-refractivity contribution >= 4 is 12.0 Å². The van der Waals surface area contributed by atoms with Crippen LogP contribution in [-0.2, 0) is 9.53 Å². The van der Waals surface area contributed by atoms with Crippen molar-refractivity contribution in [1.82, 2.24) is 9.80 Å². The SMILES string of the molecule is Cc1cc(C)cc(OCCN(C)C(=O)C2CCN(C(=O)OC(C)(C)C)CC2)c1. The molecule has 1 aliphatic rings. The molecule has 1 aromatic rings. The van der Waals surface area contributed by atoms with Gasteiger partial charge in [-0.05, 0) is 70.7 Å². The fraction of sp³-hybridized carbons (Fsp3) is 0.636. The summed E-state index contributed by atoms with van der Waals surface area (Å²) in [5.74, 6) is 0.904. The van der Waals surface area contributed by atoms with E-state index in [0.29, 0.717) is 39.1 Å². The van der Waals surface area contributed by atoms with Crippen LogP contribution in [0.1, 0.15) is 44.7 Å². The topological polar surface area (TPSA) is 59.1 Å². The van der Waals surface area contributed by atoms with Gasteiger partial charge in [0.15, 0.2) is 0 Å². The maximum absolute atomic E-state index is 12.7. The molecule has 156 valence electrons. The van der Waals surface area contributed by atoms with Crippen molar-refractivity contribution in [2.24, 2.45) is 5.92 Å². The molecular weight excluding hydrogens is 356 g/mol. The third kappa shape index (κ3) is 6.73. The molecule has 0 N–H and O–H groups in total. The minimum atomic E-state index is -0.500. The molecule has 1 aromatic carbocycles. The van der Waals surface area contributed by atoms with Crippen LogP contribution in [-0.4, -0.2) is 60.7 Å². The van der Waals surface area contributed by atoms with Crippen molar-refractivity contribution in [2.45, 2.75) is 53.1 Å². The zero-order valence-corrected chi connectivity index (χ0v) is 18.1. The highest BCUT2D eigenvalue weighted by Gasteiger charge is 2.31. The van der Waals surface area contributed by atoms with Crippen molar-refractivity contribution in [2.75, 3.05) is 33.3 Å². The van der Waals surface area contributed by atoms with Gasteiger partial charge in [-0.1, -0.05) is 6.07 Å². The predicted molar refractivity (Wildman–Crippen MR) is 110 cm³/mol. The van der Waals surface area contributed by atoms with Gasteiger partial charge < -0.3 is 19.3 Å². The highest BCUT2D eigenvalue weighted by molar-refractivity contribution is 5.79. The minimum absolute atomic E-state index is 0.0510. The van der Waals surface area contributed by atoms with Crippen molar-refractivity contribution in [3.63, 3.8) is 0 Å². The van der Waals surface area contributed by atoms with E-state index in [2.05, 4.69) is 6.07 Å². The number of ether oxygens (including phenoxy) is 2. The molecule has 0 aromatic heterocycles. The summed E-state index contributed by atoms with van der Waals surface area (Å²) >= 11 is 0. The number of hydrogen-bond acceptors (Lipinski definition) is 4. The van der Waals surface area contributed by atoms with E-state index < -0.39 is 5.60 Å². The lowest BCUT2D eigenvalue weighted by atomic mass is 9.95. The van der Waals surface area contributed by atoms with E-state index in [4.69, 9.17) is 9.47 Å². The number of carbonyl (C=O) groups is 2. The number of likely N-dealkylation sites (tertiary alicyclic amines) is 1. The molecular formula is C22H34N2O4. The third-order valence-corrected chi connectivity index (χ3v) is 4.76. The Morgan fingerprint density at radius 1 is 1.11 bits per heavy atom. The van der Waals surface area contributed by atoms with Crippen molar-refractivity contribution in [3.05, 3.63) is 29.3 Å². The molecule has 28 heavy (non-hydrogen) atoms. The Bertz CT molecular complexity index is 668. The fourth-order valence-electron chi connectivity index (χ4n) is 3.37. The second-order valence-corrected chi connectivity index (χ2v) is 8.67. The quantitative estimate of drug-likeness (QED) is 0.768. The number of amides is 2. The summed E-state index contributed by atoms with van der Waals surface area (Å²) in [7, 11) is 1.81. The summed E-state index contributed by atoms with van der Waals surface area (Å²) in [6.45, 7) is 11.8. The molecule has 1 heterocycles. The van der Waals surface area contributed by atoms with Gasteiger partial charge in [0.25, 0.3) is 0 Å². The summed E-state index contributed by atoms with van der Waals surface area (Å²) in [6.07, 6.45) is 1.04. The first-order chi connectivity index (χ1) is 13.0. The first kappa shape index (κ1) is 22.1. The van der Waals surface area contributed by atoms with Crippen LogP contribution in [0.25, 0.3) is 0 Å². The zero-order chi connectivity index (χ0) is 20.9. The molecule has 1 saturated heterocycles. The number of rotatable bonds is 5. The van der Waals surface area contributed by atoms with E-state index in [-0.39, 0.29) is 17.9 Å². The van der Waals surface area contributed by atoms with Crippen LogP contribution >= 0.6 is 0 Å². The Labute approximate surface area is 168 Å². The summed E-state index contributed by atoms with van der Waals surface area (Å²) in [4.78, 5) is 28.3. The molecule has 0 atom stereocenters. The van der Waals surface area contributed by atoms with Gasteiger partial charge in [0.1, 0.15) is 18.0 Å². The molecule has 0 radical (unpaired) electrons. The van der Waals surface area contributed by atoms with Crippen molar-refractivity contribution < 1.29 is 19.1 Å². The van der Waals surface area contributed by atoms with Gasteiger partial charge >= 0.3 is 6.09 Å². The van der Waals surface area contributed by atoms with E-state index in [1.807, 2.05) is 53.8 Å². The molecule has 1 aliphatic heterocycles. The molecule has 6 heteroatoms. The van der Waals surface area contributed by atoms with E-state index in [9.17, 15) is 9.59 Å². The van der Waals surface area contributed by atoms with Crippen LogP contribution in [0.4, 0.5) is 4.79 Å². The molecule has 1 fully saturated rings. The Kier molecular flexibility index (Phi) is 7.33. The molecule has 0 bridgehead atoms.